The predicted octanol–water partition coefficient (Wildman–Crippen LogP) is 2.69. The Labute approximate surface area is 140 Å². The standard InChI is InChI=1S/C18H13N3O2S/c1-24(23)8-6-14-4-5-16(10-17(14)24)21-18(22)15(11-19)9-13-3-2-7-20-12-13/h2-10,12H,1H2,(H,21,22)/b15-9+. The van der Waals surface area contributed by atoms with Crippen LogP contribution in [0.4, 0.5) is 5.69 Å². The van der Waals surface area contributed by atoms with Crippen LogP contribution in [0.15, 0.2) is 58.6 Å². The number of aromatic nitrogens is 1. The fourth-order valence-corrected chi connectivity index (χ4v) is 3.66. The van der Waals surface area contributed by atoms with Gasteiger partial charge in [0.05, 0.1) is 0 Å². The lowest BCUT2D eigenvalue weighted by Gasteiger charge is -2.08. The van der Waals surface area contributed by atoms with E-state index in [-0.39, 0.29) is 5.57 Å². The molecule has 1 aromatic carbocycles. The highest BCUT2D eigenvalue weighted by Gasteiger charge is 2.17. The zero-order valence-electron chi connectivity index (χ0n) is 12.6. The molecule has 5 nitrogen and oxygen atoms in total. The van der Waals surface area contributed by atoms with Gasteiger partial charge in [0.2, 0.25) is 0 Å². The minimum absolute atomic E-state index is 0.0445. The van der Waals surface area contributed by atoms with Gasteiger partial charge >= 0.3 is 0 Å². The van der Waals surface area contributed by atoms with E-state index in [1.54, 1.807) is 54.2 Å². The van der Waals surface area contributed by atoms with Crippen molar-refractivity contribution in [2.75, 3.05) is 5.32 Å². The third-order valence-electron chi connectivity index (χ3n) is 3.47. The minimum atomic E-state index is -2.46. The molecule has 1 atom stereocenters. The van der Waals surface area contributed by atoms with Gasteiger partial charge in [-0.3, -0.25) is 14.0 Å². The second kappa shape index (κ2) is 6.14. The van der Waals surface area contributed by atoms with Gasteiger partial charge in [0, 0.05) is 32.5 Å². The first kappa shape index (κ1) is 15.7. The Morgan fingerprint density at radius 2 is 2.21 bits per heavy atom. The van der Waals surface area contributed by atoms with Gasteiger partial charge < -0.3 is 5.32 Å². The molecule has 0 spiro atoms. The highest BCUT2D eigenvalue weighted by atomic mass is 32.2. The molecule has 3 rings (SSSR count). The number of rotatable bonds is 3. The fraction of sp³-hybridized carbons (Fsp3) is 0. The summed E-state index contributed by atoms with van der Waals surface area (Å²) < 4.78 is 12.3. The van der Waals surface area contributed by atoms with Crippen molar-refractivity contribution in [3.8, 4) is 6.07 Å². The number of nitrogens with zero attached hydrogens (tertiary/aromatic N) is 2. The van der Waals surface area contributed by atoms with Crippen LogP contribution in [0.3, 0.4) is 0 Å². The Morgan fingerprint density at radius 1 is 1.38 bits per heavy atom. The highest BCUT2D eigenvalue weighted by molar-refractivity contribution is 8.03. The van der Waals surface area contributed by atoms with Crippen molar-refractivity contribution in [1.82, 2.24) is 4.98 Å². The summed E-state index contributed by atoms with van der Waals surface area (Å²) in [5.41, 5.74) is 1.89. The molecule has 0 saturated carbocycles. The van der Waals surface area contributed by atoms with Crippen LogP contribution in [0.1, 0.15) is 11.1 Å². The lowest BCUT2D eigenvalue weighted by molar-refractivity contribution is -0.112. The summed E-state index contributed by atoms with van der Waals surface area (Å²) in [7, 11) is -2.46. The topological polar surface area (TPSA) is 82.9 Å². The molecular weight excluding hydrogens is 322 g/mol. The Hall–Kier alpha value is -3.17. The number of carbonyl (C=O) groups is 1. The average Bonchev–Trinajstić information content (AvgIpc) is 2.88. The first-order valence-electron chi connectivity index (χ1n) is 7.02. The molecule has 0 fully saturated rings. The maximum absolute atomic E-state index is 12.3. The minimum Gasteiger partial charge on any atom is -0.321 e. The third-order valence-corrected chi connectivity index (χ3v) is 5.15. The molecule has 118 valence electrons. The summed E-state index contributed by atoms with van der Waals surface area (Å²) in [4.78, 5) is 16.8. The van der Waals surface area contributed by atoms with Crippen LogP contribution in [0.2, 0.25) is 0 Å². The molecule has 2 heterocycles. The molecule has 1 aliphatic rings. The number of nitrogens with one attached hydrogen (secondary N) is 1. The Bertz CT molecular complexity index is 1010. The van der Waals surface area contributed by atoms with Crippen molar-refractivity contribution in [3.63, 3.8) is 0 Å². The summed E-state index contributed by atoms with van der Waals surface area (Å²) >= 11 is 0. The molecule has 0 radical (unpaired) electrons. The van der Waals surface area contributed by atoms with E-state index < -0.39 is 15.4 Å². The van der Waals surface area contributed by atoms with Crippen molar-refractivity contribution in [2.45, 2.75) is 4.90 Å². The lowest BCUT2D eigenvalue weighted by atomic mass is 10.1. The van der Waals surface area contributed by atoms with E-state index in [1.165, 1.54) is 6.08 Å². The van der Waals surface area contributed by atoms with Gasteiger partial charge in [0.1, 0.15) is 11.6 Å². The highest BCUT2D eigenvalue weighted by Crippen LogP contribution is 2.29. The molecule has 24 heavy (non-hydrogen) atoms. The van der Waals surface area contributed by atoms with Crippen LogP contribution < -0.4 is 5.32 Å². The molecule has 1 unspecified atom stereocenters. The second-order valence-corrected chi connectivity index (χ2v) is 7.36. The zero-order valence-corrected chi connectivity index (χ0v) is 13.4. The van der Waals surface area contributed by atoms with E-state index in [9.17, 15) is 14.3 Å². The fourth-order valence-electron chi connectivity index (χ4n) is 2.28. The van der Waals surface area contributed by atoms with Gasteiger partial charge in [-0.25, -0.2) is 0 Å². The number of benzene rings is 1. The number of hydrogen-bond donors (Lipinski definition) is 1. The van der Waals surface area contributed by atoms with E-state index in [0.29, 0.717) is 16.1 Å². The van der Waals surface area contributed by atoms with Crippen LogP contribution in [-0.4, -0.2) is 21.0 Å². The Morgan fingerprint density at radius 3 is 2.92 bits per heavy atom. The van der Waals surface area contributed by atoms with Crippen LogP contribution >= 0.6 is 0 Å². The van der Waals surface area contributed by atoms with Crippen LogP contribution in [0.25, 0.3) is 12.2 Å². The number of fused-ring (bicyclic) bond motifs is 1. The van der Waals surface area contributed by atoms with Gasteiger partial charge in [0.15, 0.2) is 0 Å². The number of anilines is 1. The van der Waals surface area contributed by atoms with Crippen molar-refractivity contribution < 1.29 is 9.00 Å². The normalized spacial score (nSPS) is 18.7. The van der Waals surface area contributed by atoms with Crippen molar-refractivity contribution >= 4 is 39.1 Å². The lowest BCUT2D eigenvalue weighted by Crippen LogP contribution is -2.13. The van der Waals surface area contributed by atoms with Crippen molar-refractivity contribution in [2.24, 2.45) is 0 Å². The van der Waals surface area contributed by atoms with E-state index in [1.807, 2.05) is 6.07 Å². The van der Waals surface area contributed by atoms with Crippen LogP contribution in [0, 0.1) is 11.3 Å². The SMILES string of the molecule is C=S1(=O)C=Cc2ccc(NC(=O)/C(C#N)=C/c3cccnc3)cc21. The average molecular weight is 335 g/mol. The summed E-state index contributed by atoms with van der Waals surface area (Å²) in [6.07, 6.45) is 6.38. The summed E-state index contributed by atoms with van der Waals surface area (Å²) in [5, 5.41) is 13.4. The number of hydrogen-bond acceptors (Lipinski definition) is 4. The Kier molecular flexibility index (Phi) is 4.02. The second-order valence-electron chi connectivity index (χ2n) is 5.19. The van der Waals surface area contributed by atoms with Crippen LogP contribution in [-0.2, 0) is 14.3 Å². The molecule has 1 aliphatic heterocycles. The molecule has 2 aromatic rings. The van der Waals surface area contributed by atoms with Gasteiger partial charge in [0.25, 0.3) is 5.91 Å². The molecular formula is C18H13N3O2S. The number of amides is 1. The molecule has 0 saturated heterocycles. The summed E-state index contributed by atoms with van der Waals surface area (Å²) in [6, 6.07) is 10.4. The first-order chi connectivity index (χ1) is 11.5. The summed E-state index contributed by atoms with van der Waals surface area (Å²) in [6.45, 7) is 0. The van der Waals surface area contributed by atoms with Gasteiger partial charge in [-0.15, -0.1) is 0 Å². The van der Waals surface area contributed by atoms with Crippen molar-refractivity contribution in [3.05, 3.63) is 64.8 Å². The molecule has 1 amide bonds. The van der Waals surface area contributed by atoms with Crippen LogP contribution in [0.5, 0.6) is 0 Å². The monoisotopic (exact) mass is 335 g/mol. The van der Waals surface area contributed by atoms with E-state index >= 15 is 0 Å². The zero-order chi connectivity index (χ0) is 17.2. The smallest absolute Gasteiger partial charge is 0.266 e. The quantitative estimate of drug-likeness (QED) is 0.531. The third kappa shape index (κ3) is 3.12. The number of nitriles is 1. The first-order valence-corrected chi connectivity index (χ1v) is 8.81. The maximum atomic E-state index is 12.3. The molecule has 0 aliphatic carbocycles. The number of pyridine rings is 1. The molecule has 1 N–H and O–H groups in total. The van der Waals surface area contributed by atoms with Gasteiger partial charge in [-0.05, 0) is 52.8 Å². The van der Waals surface area contributed by atoms with E-state index in [4.69, 9.17) is 0 Å². The largest absolute Gasteiger partial charge is 0.321 e. The van der Waals surface area contributed by atoms with Crippen molar-refractivity contribution in [1.29, 1.82) is 5.26 Å². The maximum Gasteiger partial charge on any atom is 0.266 e. The summed E-state index contributed by atoms with van der Waals surface area (Å²) in [5.74, 6) is 3.16. The number of carbonyl (C=O) groups excluding carboxylic acids is 1. The van der Waals surface area contributed by atoms with Gasteiger partial charge in [-0.1, -0.05) is 12.1 Å². The predicted molar refractivity (Wildman–Crippen MR) is 95.5 cm³/mol. The van der Waals surface area contributed by atoms with E-state index in [0.717, 1.165) is 5.56 Å². The molecule has 0 bridgehead atoms. The van der Waals surface area contributed by atoms with E-state index in [2.05, 4.69) is 16.2 Å². The molecule has 6 heteroatoms. The van der Waals surface area contributed by atoms with Gasteiger partial charge in [-0.2, -0.15) is 5.26 Å². The Balaban J connectivity index is 1.85. The molecule has 1 aromatic heterocycles.